The Morgan fingerprint density at radius 3 is 2.55 bits per heavy atom. The van der Waals surface area contributed by atoms with Crippen molar-refractivity contribution in [3.63, 3.8) is 0 Å². The maximum Gasteiger partial charge on any atom is 0.259 e. The molecule has 4 aromatic rings. The lowest BCUT2D eigenvalue weighted by Crippen LogP contribution is -2.14. The summed E-state index contributed by atoms with van der Waals surface area (Å²) in [4.78, 5) is 17.4. The van der Waals surface area contributed by atoms with Crippen molar-refractivity contribution in [2.45, 2.75) is 6.92 Å². The molecule has 0 spiro atoms. The zero-order chi connectivity index (χ0) is 22.2. The van der Waals surface area contributed by atoms with Crippen LogP contribution in [0.1, 0.15) is 16.1 Å². The molecule has 0 aliphatic rings. The van der Waals surface area contributed by atoms with Gasteiger partial charge in [-0.25, -0.2) is 17.8 Å². The number of hydrogen-bond donors (Lipinski definition) is 2. The van der Waals surface area contributed by atoms with Crippen LogP contribution in [-0.4, -0.2) is 30.7 Å². The van der Waals surface area contributed by atoms with Crippen molar-refractivity contribution in [2.75, 3.05) is 16.3 Å². The number of anilines is 2. The summed E-state index contributed by atoms with van der Waals surface area (Å²) in [7, 11) is -3.47. The third kappa shape index (κ3) is 4.38. The lowest BCUT2D eigenvalue weighted by Gasteiger charge is -2.10. The van der Waals surface area contributed by atoms with Crippen molar-refractivity contribution in [3.05, 3.63) is 71.7 Å². The van der Waals surface area contributed by atoms with E-state index in [1.165, 1.54) is 18.2 Å². The molecule has 1 amide bonds. The number of aryl methyl sites for hydroxylation is 1. The number of sulfonamides is 1. The van der Waals surface area contributed by atoms with E-state index in [0.717, 1.165) is 6.26 Å². The molecule has 2 aromatic heterocycles. The fourth-order valence-corrected chi connectivity index (χ4v) is 3.71. The van der Waals surface area contributed by atoms with Crippen LogP contribution in [0, 0.1) is 12.7 Å². The van der Waals surface area contributed by atoms with E-state index in [2.05, 4.69) is 20.2 Å². The van der Waals surface area contributed by atoms with Crippen molar-refractivity contribution in [1.29, 1.82) is 0 Å². The summed E-state index contributed by atoms with van der Waals surface area (Å²) in [5.74, 6) is -0.996. The van der Waals surface area contributed by atoms with E-state index in [-0.39, 0.29) is 22.5 Å². The van der Waals surface area contributed by atoms with E-state index in [4.69, 9.17) is 4.52 Å². The summed E-state index contributed by atoms with van der Waals surface area (Å²) in [6.45, 7) is 1.67. The highest BCUT2D eigenvalue weighted by Gasteiger charge is 2.20. The van der Waals surface area contributed by atoms with Gasteiger partial charge in [0.05, 0.1) is 34.3 Å². The van der Waals surface area contributed by atoms with Crippen LogP contribution >= 0.6 is 0 Å². The Kier molecular flexibility index (Phi) is 5.15. The number of pyridine rings is 1. The van der Waals surface area contributed by atoms with Crippen molar-refractivity contribution < 1.29 is 22.1 Å². The van der Waals surface area contributed by atoms with E-state index in [1.54, 1.807) is 43.3 Å². The van der Waals surface area contributed by atoms with Gasteiger partial charge in [0.1, 0.15) is 5.82 Å². The average Bonchev–Trinajstić information content (AvgIpc) is 3.07. The third-order valence-corrected chi connectivity index (χ3v) is 5.04. The van der Waals surface area contributed by atoms with Gasteiger partial charge in [0.25, 0.3) is 11.6 Å². The lowest BCUT2D eigenvalue weighted by atomic mass is 10.0. The summed E-state index contributed by atoms with van der Waals surface area (Å²) in [5, 5.41) is 7.00. The molecule has 2 N–H and O–H groups in total. The first-order valence-corrected chi connectivity index (χ1v) is 11.0. The molecule has 0 aliphatic carbocycles. The Morgan fingerprint density at radius 2 is 1.81 bits per heavy atom. The number of halogens is 1. The Bertz CT molecular complexity index is 1420. The quantitative estimate of drug-likeness (QED) is 0.486. The molecular formula is C21H17FN4O4S. The van der Waals surface area contributed by atoms with Crippen molar-refractivity contribution in [1.82, 2.24) is 10.1 Å². The normalized spacial score (nSPS) is 11.5. The number of fused-ring (bicyclic) bond motifs is 1. The molecule has 10 heteroatoms. The Morgan fingerprint density at radius 1 is 1.06 bits per heavy atom. The number of carbonyl (C=O) groups excluding carboxylic acids is 1. The molecule has 8 nitrogen and oxygen atoms in total. The first-order chi connectivity index (χ1) is 14.7. The van der Waals surface area contributed by atoms with E-state index in [0.29, 0.717) is 22.5 Å². The standard InChI is InChI=1S/C21H17FN4O4S/c1-12-19-16(20(27)23-13-6-5-7-14(10-13)26-31(2,28)29)11-18(24-21(19)30-25-12)15-8-3-4-9-17(15)22/h3-11,26H,1-2H3,(H,23,27). The van der Waals surface area contributed by atoms with E-state index >= 15 is 0 Å². The van der Waals surface area contributed by atoms with Crippen LogP contribution in [-0.2, 0) is 10.0 Å². The highest BCUT2D eigenvalue weighted by Crippen LogP contribution is 2.29. The van der Waals surface area contributed by atoms with Gasteiger partial charge in [-0.15, -0.1) is 0 Å². The molecule has 2 aromatic carbocycles. The molecule has 0 atom stereocenters. The van der Waals surface area contributed by atoms with Crippen LogP contribution in [0.2, 0.25) is 0 Å². The number of benzene rings is 2. The van der Waals surface area contributed by atoms with Gasteiger partial charge in [-0.3, -0.25) is 9.52 Å². The third-order valence-electron chi connectivity index (χ3n) is 4.44. The highest BCUT2D eigenvalue weighted by atomic mass is 32.2. The van der Waals surface area contributed by atoms with Gasteiger partial charge in [-0.2, -0.15) is 0 Å². The second-order valence-electron chi connectivity index (χ2n) is 6.89. The molecule has 0 saturated heterocycles. The molecular weight excluding hydrogens is 423 g/mol. The monoisotopic (exact) mass is 440 g/mol. The predicted octanol–water partition coefficient (Wildman–Crippen LogP) is 3.96. The molecule has 0 fully saturated rings. The number of carbonyl (C=O) groups is 1. The van der Waals surface area contributed by atoms with Crippen molar-refractivity contribution in [3.8, 4) is 11.3 Å². The maximum absolute atomic E-state index is 14.3. The van der Waals surface area contributed by atoms with Crippen LogP contribution in [0.3, 0.4) is 0 Å². The number of amides is 1. The fourth-order valence-electron chi connectivity index (χ4n) is 3.15. The van der Waals surface area contributed by atoms with Gasteiger partial charge in [0.2, 0.25) is 10.0 Å². The molecule has 0 bridgehead atoms. The number of nitrogens with one attached hydrogen (secondary N) is 2. The minimum Gasteiger partial charge on any atom is -0.335 e. The summed E-state index contributed by atoms with van der Waals surface area (Å²) in [6.07, 6.45) is 1.03. The lowest BCUT2D eigenvalue weighted by molar-refractivity contribution is 0.102. The Hall–Kier alpha value is -3.79. The topological polar surface area (TPSA) is 114 Å². The zero-order valence-corrected chi connectivity index (χ0v) is 17.3. The second kappa shape index (κ2) is 7.80. The molecule has 31 heavy (non-hydrogen) atoms. The van der Waals surface area contributed by atoms with E-state index < -0.39 is 21.7 Å². The van der Waals surface area contributed by atoms with E-state index in [9.17, 15) is 17.6 Å². The van der Waals surface area contributed by atoms with Gasteiger partial charge in [-0.1, -0.05) is 23.4 Å². The van der Waals surface area contributed by atoms with Crippen LogP contribution in [0.5, 0.6) is 0 Å². The summed E-state index contributed by atoms with van der Waals surface area (Å²) in [6, 6.07) is 13.8. The van der Waals surface area contributed by atoms with Gasteiger partial charge >= 0.3 is 0 Å². The van der Waals surface area contributed by atoms with E-state index in [1.807, 2.05) is 0 Å². The van der Waals surface area contributed by atoms with Gasteiger partial charge < -0.3 is 9.84 Å². The van der Waals surface area contributed by atoms with Crippen LogP contribution in [0.4, 0.5) is 15.8 Å². The van der Waals surface area contributed by atoms with Crippen molar-refractivity contribution in [2.24, 2.45) is 0 Å². The molecule has 2 heterocycles. The largest absolute Gasteiger partial charge is 0.335 e. The maximum atomic E-state index is 14.3. The van der Waals surface area contributed by atoms with Gasteiger partial charge in [0, 0.05) is 11.3 Å². The number of aromatic nitrogens is 2. The van der Waals surface area contributed by atoms with Crippen molar-refractivity contribution >= 4 is 38.4 Å². The van der Waals surface area contributed by atoms with Gasteiger partial charge in [-0.05, 0) is 43.3 Å². The Labute approximate surface area is 177 Å². The minimum atomic E-state index is -3.47. The smallest absolute Gasteiger partial charge is 0.259 e. The zero-order valence-electron chi connectivity index (χ0n) is 16.5. The molecule has 0 unspecified atom stereocenters. The predicted molar refractivity (Wildman–Crippen MR) is 115 cm³/mol. The number of nitrogens with zero attached hydrogens (tertiary/aromatic N) is 2. The Balaban J connectivity index is 1.75. The second-order valence-corrected chi connectivity index (χ2v) is 8.64. The van der Waals surface area contributed by atoms with Crippen LogP contribution in [0.25, 0.3) is 22.4 Å². The highest BCUT2D eigenvalue weighted by molar-refractivity contribution is 7.92. The molecule has 0 aliphatic heterocycles. The first kappa shape index (κ1) is 20.5. The average molecular weight is 440 g/mol. The van der Waals surface area contributed by atoms with Crippen LogP contribution in [0.15, 0.2) is 59.1 Å². The molecule has 0 radical (unpaired) electrons. The van der Waals surface area contributed by atoms with Crippen LogP contribution < -0.4 is 10.0 Å². The summed E-state index contributed by atoms with van der Waals surface area (Å²) < 4.78 is 44.8. The fraction of sp³-hybridized carbons (Fsp3) is 0.0952. The molecule has 4 rings (SSSR count). The first-order valence-electron chi connectivity index (χ1n) is 9.12. The number of hydrogen-bond acceptors (Lipinski definition) is 6. The molecule has 0 saturated carbocycles. The summed E-state index contributed by atoms with van der Waals surface area (Å²) >= 11 is 0. The van der Waals surface area contributed by atoms with Gasteiger partial charge in [0.15, 0.2) is 0 Å². The minimum absolute atomic E-state index is 0.107. The number of rotatable bonds is 5. The SMILES string of the molecule is Cc1noc2nc(-c3ccccc3F)cc(C(=O)Nc3cccc(NS(C)(=O)=O)c3)c12. The summed E-state index contributed by atoms with van der Waals surface area (Å²) in [5.41, 5.74) is 1.87. The molecule has 158 valence electrons.